The fourth-order valence-corrected chi connectivity index (χ4v) is 5.73. The maximum absolute atomic E-state index is 12.4. The first-order chi connectivity index (χ1) is 12.4. The first kappa shape index (κ1) is 19.7. The summed E-state index contributed by atoms with van der Waals surface area (Å²) in [5, 5.41) is 0.739. The van der Waals surface area contributed by atoms with E-state index in [9.17, 15) is 8.42 Å². The summed E-state index contributed by atoms with van der Waals surface area (Å²) in [6.07, 6.45) is 7.70. The second-order valence-electron chi connectivity index (χ2n) is 7.19. The van der Waals surface area contributed by atoms with Crippen LogP contribution in [-0.4, -0.2) is 41.6 Å². The number of hydrogen-bond donors (Lipinski definition) is 0. The molecule has 1 fully saturated rings. The summed E-state index contributed by atoms with van der Waals surface area (Å²) in [5.74, 6) is 1.96. The highest BCUT2D eigenvalue weighted by atomic mass is 32.2. The van der Waals surface area contributed by atoms with Crippen LogP contribution in [0.3, 0.4) is 0 Å². The number of imidazole rings is 1. The first-order valence-electron chi connectivity index (χ1n) is 9.46. The normalized spacial score (nSPS) is 16.6. The first-order valence-corrected chi connectivity index (χ1v) is 12.0. The van der Waals surface area contributed by atoms with Crippen LogP contribution < -0.4 is 0 Å². The second kappa shape index (κ2) is 8.31. The van der Waals surface area contributed by atoms with Crippen LogP contribution in [0, 0.1) is 0 Å². The summed E-state index contributed by atoms with van der Waals surface area (Å²) < 4.78 is 28.3. The summed E-state index contributed by atoms with van der Waals surface area (Å²) in [5.41, 5.74) is 1.81. The van der Waals surface area contributed by atoms with Gasteiger partial charge >= 0.3 is 0 Å². The number of benzene rings is 1. The highest BCUT2D eigenvalue weighted by Crippen LogP contribution is 2.31. The van der Waals surface area contributed by atoms with E-state index in [4.69, 9.17) is 4.98 Å². The zero-order valence-corrected chi connectivity index (χ0v) is 17.6. The van der Waals surface area contributed by atoms with Crippen LogP contribution in [0.5, 0.6) is 0 Å². The minimum atomic E-state index is -3.43. The van der Waals surface area contributed by atoms with Crippen LogP contribution in [0.2, 0.25) is 0 Å². The van der Waals surface area contributed by atoms with E-state index in [0.29, 0.717) is 4.90 Å². The summed E-state index contributed by atoms with van der Waals surface area (Å²) in [4.78, 5) is 5.12. The molecule has 3 rings (SSSR count). The van der Waals surface area contributed by atoms with E-state index in [1.165, 1.54) is 36.4 Å². The standard InChI is InChI=1S/C19H29N3O2S2/c1-4-12-22-18-11-10-16(26(23,24)21(2)3)13-17(18)20-19(22)14-25-15-8-6-5-7-9-15/h10-11,13,15H,4-9,12,14H2,1-3H3. The van der Waals surface area contributed by atoms with Gasteiger partial charge in [0.2, 0.25) is 10.0 Å². The smallest absolute Gasteiger partial charge is 0.242 e. The lowest BCUT2D eigenvalue weighted by Gasteiger charge is -2.20. The molecule has 0 N–H and O–H groups in total. The zero-order chi connectivity index (χ0) is 18.7. The zero-order valence-electron chi connectivity index (χ0n) is 15.9. The summed E-state index contributed by atoms with van der Waals surface area (Å²) >= 11 is 2.01. The van der Waals surface area contributed by atoms with Crippen LogP contribution in [0.15, 0.2) is 23.1 Å². The second-order valence-corrected chi connectivity index (χ2v) is 10.6. The van der Waals surface area contributed by atoms with Crippen molar-refractivity contribution < 1.29 is 8.42 Å². The van der Waals surface area contributed by atoms with Crippen LogP contribution in [0.1, 0.15) is 51.3 Å². The Bertz CT molecular complexity index is 853. The Kier molecular flexibility index (Phi) is 6.30. The molecule has 0 atom stereocenters. The molecule has 0 radical (unpaired) electrons. The van der Waals surface area contributed by atoms with E-state index < -0.39 is 10.0 Å². The largest absolute Gasteiger partial charge is 0.327 e. The summed E-state index contributed by atoms with van der Waals surface area (Å²) in [7, 11) is -0.321. The maximum atomic E-state index is 12.4. The molecule has 26 heavy (non-hydrogen) atoms. The molecule has 1 aromatic carbocycles. The number of thioether (sulfide) groups is 1. The number of sulfonamides is 1. The Morgan fingerprint density at radius 2 is 1.96 bits per heavy atom. The van der Waals surface area contributed by atoms with Gasteiger partial charge in [0.1, 0.15) is 5.82 Å². The van der Waals surface area contributed by atoms with Crippen molar-refractivity contribution in [3.05, 3.63) is 24.0 Å². The fraction of sp³-hybridized carbons (Fsp3) is 0.632. The van der Waals surface area contributed by atoms with Gasteiger partial charge in [-0.2, -0.15) is 11.8 Å². The molecule has 1 aliphatic carbocycles. The van der Waals surface area contributed by atoms with Gasteiger partial charge in [-0.3, -0.25) is 0 Å². The molecular formula is C19H29N3O2S2. The average molecular weight is 396 g/mol. The average Bonchev–Trinajstić information content (AvgIpc) is 2.98. The third-order valence-electron chi connectivity index (χ3n) is 5.02. The van der Waals surface area contributed by atoms with E-state index in [1.54, 1.807) is 26.2 Å². The Hall–Kier alpha value is -1.05. The minimum Gasteiger partial charge on any atom is -0.327 e. The predicted molar refractivity (Wildman–Crippen MR) is 109 cm³/mol. The molecule has 0 spiro atoms. The van der Waals surface area contributed by atoms with Gasteiger partial charge in [0.05, 0.1) is 21.7 Å². The van der Waals surface area contributed by atoms with Crippen molar-refractivity contribution in [2.24, 2.45) is 0 Å². The van der Waals surface area contributed by atoms with E-state index in [1.807, 2.05) is 17.8 Å². The Morgan fingerprint density at radius 3 is 2.62 bits per heavy atom. The quantitative estimate of drug-likeness (QED) is 0.703. The molecule has 1 aromatic heterocycles. The van der Waals surface area contributed by atoms with Gasteiger partial charge in [0.15, 0.2) is 0 Å². The SMILES string of the molecule is CCCn1c(CSC2CCCCC2)nc2cc(S(=O)(=O)N(C)C)ccc21. The molecule has 1 saturated carbocycles. The van der Waals surface area contributed by atoms with Crippen molar-refractivity contribution in [1.82, 2.24) is 13.9 Å². The van der Waals surface area contributed by atoms with Crippen molar-refractivity contribution in [1.29, 1.82) is 0 Å². The number of fused-ring (bicyclic) bond motifs is 1. The molecule has 0 saturated heterocycles. The number of rotatable bonds is 7. The Labute approximate surface area is 161 Å². The third kappa shape index (κ3) is 4.10. The Morgan fingerprint density at radius 1 is 1.23 bits per heavy atom. The van der Waals surface area contributed by atoms with Gasteiger partial charge in [-0.05, 0) is 37.5 Å². The van der Waals surface area contributed by atoms with Gasteiger partial charge in [-0.15, -0.1) is 0 Å². The van der Waals surface area contributed by atoms with E-state index in [0.717, 1.165) is 40.8 Å². The van der Waals surface area contributed by atoms with Crippen LogP contribution >= 0.6 is 11.8 Å². The number of aromatic nitrogens is 2. The molecular weight excluding hydrogens is 366 g/mol. The number of nitrogens with zero attached hydrogens (tertiary/aromatic N) is 3. The molecule has 2 aromatic rings. The van der Waals surface area contributed by atoms with Gasteiger partial charge in [-0.1, -0.05) is 26.2 Å². The van der Waals surface area contributed by atoms with Gasteiger partial charge in [0.25, 0.3) is 0 Å². The Balaban J connectivity index is 1.90. The van der Waals surface area contributed by atoms with Crippen molar-refractivity contribution in [3.8, 4) is 0 Å². The van der Waals surface area contributed by atoms with Crippen molar-refractivity contribution >= 4 is 32.8 Å². The lowest BCUT2D eigenvalue weighted by molar-refractivity contribution is 0.515. The summed E-state index contributed by atoms with van der Waals surface area (Å²) in [6.45, 7) is 3.08. The third-order valence-corrected chi connectivity index (χ3v) is 8.20. The molecule has 0 bridgehead atoms. The van der Waals surface area contributed by atoms with Crippen molar-refractivity contribution in [3.63, 3.8) is 0 Å². The van der Waals surface area contributed by atoms with Crippen molar-refractivity contribution in [2.75, 3.05) is 14.1 Å². The lowest BCUT2D eigenvalue weighted by atomic mass is 10.0. The van der Waals surface area contributed by atoms with Gasteiger partial charge in [0, 0.05) is 25.9 Å². The van der Waals surface area contributed by atoms with Gasteiger partial charge in [-0.25, -0.2) is 17.7 Å². The van der Waals surface area contributed by atoms with Crippen molar-refractivity contribution in [2.45, 2.75) is 67.9 Å². The monoisotopic (exact) mass is 395 g/mol. The molecule has 1 aliphatic rings. The van der Waals surface area contributed by atoms with Crippen LogP contribution in [0.4, 0.5) is 0 Å². The molecule has 1 heterocycles. The minimum absolute atomic E-state index is 0.308. The fourth-order valence-electron chi connectivity index (χ4n) is 3.54. The topological polar surface area (TPSA) is 55.2 Å². The van der Waals surface area contributed by atoms with E-state index >= 15 is 0 Å². The molecule has 0 unspecified atom stereocenters. The number of aryl methyl sites for hydroxylation is 1. The molecule has 144 valence electrons. The molecule has 7 heteroatoms. The maximum Gasteiger partial charge on any atom is 0.242 e. The van der Waals surface area contributed by atoms with E-state index in [2.05, 4.69) is 11.5 Å². The molecule has 5 nitrogen and oxygen atoms in total. The highest BCUT2D eigenvalue weighted by molar-refractivity contribution is 7.99. The van der Waals surface area contributed by atoms with Gasteiger partial charge < -0.3 is 4.57 Å². The lowest BCUT2D eigenvalue weighted by Crippen LogP contribution is -2.22. The molecule has 0 aliphatic heterocycles. The highest BCUT2D eigenvalue weighted by Gasteiger charge is 2.20. The molecule has 0 amide bonds. The number of hydrogen-bond acceptors (Lipinski definition) is 4. The summed E-state index contributed by atoms with van der Waals surface area (Å²) in [6, 6.07) is 5.32. The van der Waals surface area contributed by atoms with Crippen LogP contribution in [0.25, 0.3) is 11.0 Å². The predicted octanol–water partition coefficient (Wildman–Crippen LogP) is 4.26. The van der Waals surface area contributed by atoms with Crippen LogP contribution in [-0.2, 0) is 22.3 Å². The van der Waals surface area contributed by atoms with E-state index in [-0.39, 0.29) is 0 Å².